The highest BCUT2D eigenvalue weighted by molar-refractivity contribution is 5.91. The highest BCUT2D eigenvalue weighted by atomic mass is 16.6. The highest BCUT2D eigenvalue weighted by Crippen LogP contribution is 2.50. The van der Waals surface area contributed by atoms with Gasteiger partial charge in [-0.25, -0.2) is 4.79 Å². The molecule has 3 aliphatic rings. The average molecular weight is 306 g/mol. The normalized spacial score (nSPS) is 43.3. The lowest BCUT2D eigenvalue weighted by Crippen LogP contribution is -2.38. The predicted molar refractivity (Wildman–Crippen MR) is 79.0 cm³/mol. The predicted octanol–water partition coefficient (Wildman–Crippen LogP) is 2.30. The molecule has 5 nitrogen and oxygen atoms in total. The van der Waals surface area contributed by atoms with E-state index in [1.165, 1.54) is 6.92 Å². The van der Waals surface area contributed by atoms with E-state index in [0.717, 1.165) is 18.4 Å². The van der Waals surface area contributed by atoms with E-state index in [2.05, 4.69) is 12.7 Å². The third kappa shape index (κ3) is 2.58. The molecule has 0 amide bonds. The molecule has 1 aliphatic carbocycles. The van der Waals surface area contributed by atoms with Gasteiger partial charge < -0.3 is 14.2 Å². The van der Waals surface area contributed by atoms with Crippen molar-refractivity contribution in [2.45, 2.75) is 63.9 Å². The fourth-order valence-corrected chi connectivity index (χ4v) is 3.63. The summed E-state index contributed by atoms with van der Waals surface area (Å²) in [5.41, 5.74) is 1.24. The number of allylic oxidation sites excluding steroid dienone is 1. The Balaban J connectivity index is 1.96. The van der Waals surface area contributed by atoms with Crippen LogP contribution in [0.2, 0.25) is 0 Å². The fraction of sp³-hybridized carbons (Fsp3) is 0.647. The minimum atomic E-state index is -0.441. The lowest BCUT2D eigenvalue weighted by Gasteiger charge is -2.27. The summed E-state index contributed by atoms with van der Waals surface area (Å²) in [5, 5.41) is 0. The van der Waals surface area contributed by atoms with Crippen LogP contribution in [0.4, 0.5) is 0 Å². The van der Waals surface area contributed by atoms with E-state index in [1.807, 2.05) is 13.8 Å². The lowest BCUT2D eigenvalue weighted by atomic mass is 9.82. The summed E-state index contributed by atoms with van der Waals surface area (Å²) in [4.78, 5) is 23.5. The number of hydrogen-bond acceptors (Lipinski definition) is 5. The summed E-state index contributed by atoms with van der Waals surface area (Å²) in [5.74, 6) is -1.12. The smallest absolute Gasteiger partial charge is 0.334 e. The van der Waals surface area contributed by atoms with Crippen molar-refractivity contribution in [3.63, 3.8) is 0 Å². The second-order valence-electron chi connectivity index (χ2n) is 6.71. The summed E-state index contributed by atoms with van der Waals surface area (Å²) >= 11 is 0. The standard InChI is InChI=1S/C17H22O5/c1-9-6-5-7-17(4)15(22-17)14-13(10(2)16(19)21-14)12(8-9)20-11(3)18/h6,12-15H,2,5,7-8H2,1,3-4H3/b9-6-/t12-,13-,14+,15-,17-/m1/s1. The Kier molecular flexibility index (Phi) is 3.63. The van der Waals surface area contributed by atoms with Gasteiger partial charge in [0.1, 0.15) is 18.3 Å². The Morgan fingerprint density at radius 2 is 2.23 bits per heavy atom. The van der Waals surface area contributed by atoms with E-state index in [-0.39, 0.29) is 23.6 Å². The quantitative estimate of drug-likeness (QED) is 0.322. The summed E-state index contributed by atoms with van der Waals surface area (Å²) in [6, 6.07) is 0. The van der Waals surface area contributed by atoms with Crippen LogP contribution in [0.25, 0.3) is 0 Å². The molecule has 0 N–H and O–H groups in total. The topological polar surface area (TPSA) is 65.1 Å². The Labute approximate surface area is 130 Å². The van der Waals surface area contributed by atoms with Crippen LogP contribution >= 0.6 is 0 Å². The van der Waals surface area contributed by atoms with Crippen molar-refractivity contribution in [3.8, 4) is 0 Å². The second-order valence-corrected chi connectivity index (χ2v) is 6.71. The van der Waals surface area contributed by atoms with Crippen LogP contribution in [-0.4, -0.2) is 35.9 Å². The molecular weight excluding hydrogens is 284 g/mol. The molecule has 0 aromatic rings. The molecule has 0 aromatic carbocycles. The summed E-state index contributed by atoms with van der Waals surface area (Å²) in [6.07, 6.45) is 3.52. The Morgan fingerprint density at radius 3 is 2.91 bits per heavy atom. The molecule has 2 aliphatic heterocycles. The number of ether oxygens (including phenoxy) is 3. The molecule has 5 heteroatoms. The summed E-state index contributed by atoms with van der Waals surface area (Å²) < 4.78 is 16.8. The van der Waals surface area contributed by atoms with Gasteiger partial charge in [0.05, 0.1) is 11.5 Å². The number of fused-ring (bicyclic) bond motifs is 3. The molecule has 0 bridgehead atoms. The first kappa shape index (κ1) is 15.3. The molecule has 0 aromatic heterocycles. The number of rotatable bonds is 1. The van der Waals surface area contributed by atoms with Gasteiger partial charge in [0.15, 0.2) is 0 Å². The molecule has 0 saturated carbocycles. The zero-order valence-electron chi connectivity index (χ0n) is 13.3. The van der Waals surface area contributed by atoms with Crippen LogP contribution in [-0.2, 0) is 23.8 Å². The minimum Gasteiger partial charge on any atom is -0.461 e. The number of carbonyl (C=O) groups is 2. The van der Waals surface area contributed by atoms with Gasteiger partial charge in [0.2, 0.25) is 0 Å². The molecular formula is C17H22O5. The largest absolute Gasteiger partial charge is 0.461 e. The van der Waals surface area contributed by atoms with Crippen LogP contribution in [0.15, 0.2) is 23.8 Å². The average Bonchev–Trinajstić information content (AvgIpc) is 2.98. The molecule has 2 heterocycles. The minimum absolute atomic E-state index is 0.148. The Morgan fingerprint density at radius 1 is 1.50 bits per heavy atom. The van der Waals surface area contributed by atoms with E-state index >= 15 is 0 Å². The molecule has 120 valence electrons. The number of hydrogen-bond donors (Lipinski definition) is 0. The van der Waals surface area contributed by atoms with E-state index in [1.54, 1.807) is 0 Å². The number of carbonyl (C=O) groups excluding carboxylic acids is 2. The zero-order valence-corrected chi connectivity index (χ0v) is 13.3. The zero-order chi connectivity index (χ0) is 16.1. The van der Waals surface area contributed by atoms with Gasteiger partial charge in [-0.2, -0.15) is 0 Å². The van der Waals surface area contributed by atoms with E-state index in [0.29, 0.717) is 12.0 Å². The maximum Gasteiger partial charge on any atom is 0.334 e. The molecule has 3 rings (SSSR count). The van der Waals surface area contributed by atoms with Crippen LogP contribution < -0.4 is 0 Å². The van der Waals surface area contributed by atoms with Crippen molar-refractivity contribution >= 4 is 11.9 Å². The van der Waals surface area contributed by atoms with Gasteiger partial charge in [-0.15, -0.1) is 0 Å². The van der Waals surface area contributed by atoms with Crippen molar-refractivity contribution in [1.29, 1.82) is 0 Å². The van der Waals surface area contributed by atoms with Crippen molar-refractivity contribution < 1.29 is 23.8 Å². The van der Waals surface area contributed by atoms with Crippen LogP contribution in [0, 0.1) is 5.92 Å². The van der Waals surface area contributed by atoms with Crippen molar-refractivity contribution in [1.82, 2.24) is 0 Å². The van der Waals surface area contributed by atoms with Crippen molar-refractivity contribution in [3.05, 3.63) is 23.8 Å². The van der Waals surface area contributed by atoms with Gasteiger partial charge in [-0.1, -0.05) is 18.2 Å². The van der Waals surface area contributed by atoms with Crippen molar-refractivity contribution in [2.24, 2.45) is 5.92 Å². The Bertz CT molecular complexity index is 563. The second kappa shape index (κ2) is 5.23. The number of esters is 2. The monoisotopic (exact) mass is 306 g/mol. The molecule has 0 spiro atoms. The van der Waals surface area contributed by atoms with Crippen LogP contribution in [0.5, 0.6) is 0 Å². The maximum absolute atomic E-state index is 12.0. The summed E-state index contributed by atoms with van der Waals surface area (Å²) in [7, 11) is 0. The van der Waals surface area contributed by atoms with E-state index in [9.17, 15) is 9.59 Å². The first-order chi connectivity index (χ1) is 10.3. The summed E-state index contributed by atoms with van der Waals surface area (Å²) in [6.45, 7) is 9.30. The molecule has 2 fully saturated rings. The van der Waals surface area contributed by atoms with Gasteiger partial charge in [0, 0.05) is 18.9 Å². The molecule has 5 atom stereocenters. The van der Waals surface area contributed by atoms with E-state index < -0.39 is 18.2 Å². The van der Waals surface area contributed by atoms with Gasteiger partial charge in [0.25, 0.3) is 0 Å². The fourth-order valence-electron chi connectivity index (χ4n) is 3.63. The highest BCUT2D eigenvalue weighted by Gasteiger charge is 2.63. The molecule has 22 heavy (non-hydrogen) atoms. The van der Waals surface area contributed by atoms with Gasteiger partial charge >= 0.3 is 11.9 Å². The molecule has 0 unspecified atom stereocenters. The van der Waals surface area contributed by atoms with Crippen molar-refractivity contribution in [2.75, 3.05) is 0 Å². The van der Waals surface area contributed by atoms with Gasteiger partial charge in [-0.3, -0.25) is 4.79 Å². The first-order valence-electron chi connectivity index (χ1n) is 7.72. The van der Waals surface area contributed by atoms with Crippen LogP contribution in [0.1, 0.15) is 40.0 Å². The van der Waals surface area contributed by atoms with Crippen LogP contribution in [0.3, 0.4) is 0 Å². The molecule has 0 radical (unpaired) electrons. The Hall–Kier alpha value is -1.62. The maximum atomic E-state index is 12.0. The first-order valence-corrected chi connectivity index (χ1v) is 7.72. The lowest BCUT2D eigenvalue weighted by molar-refractivity contribution is -0.150. The van der Waals surface area contributed by atoms with Gasteiger partial charge in [-0.05, 0) is 26.7 Å². The molecule has 2 saturated heterocycles. The number of epoxide rings is 1. The SMILES string of the molecule is C=C1C(=O)O[C@H]2[C@H]1[C@H](OC(C)=O)C/C(C)=C\CC[C@@]1(C)O[C@H]21. The third-order valence-electron chi connectivity index (χ3n) is 4.88. The third-order valence-corrected chi connectivity index (χ3v) is 4.88. The van der Waals surface area contributed by atoms with E-state index in [4.69, 9.17) is 14.2 Å².